The molecule has 0 heterocycles. The molecule has 1 aliphatic rings. The van der Waals surface area contributed by atoms with Crippen LogP contribution in [-0.2, 0) is 15.2 Å². The van der Waals surface area contributed by atoms with Crippen LogP contribution in [0.1, 0.15) is 18.4 Å². The van der Waals surface area contributed by atoms with Crippen LogP contribution in [0.4, 0.5) is 13.2 Å². The minimum absolute atomic E-state index is 0.583. The average molecular weight is 302 g/mol. The number of rotatable bonds is 1. The van der Waals surface area contributed by atoms with Crippen molar-refractivity contribution in [2.24, 2.45) is 5.73 Å². The summed E-state index contributed by atoms with van der Waals surface area (Å²) in [6.45, 7) is 0. The molecule has 1 aromatic rings. The molecule has 1 aliphatic carbocycles. The Morgan fingerprint density at radius 2 is 1.67 bits per heavy atom. The molecule has 0 radical (unpaired) electrons. The van der Waals surface area contributed by atoms with E-state index >= 15 is 0 Å². The van der Waals surface area contributed by atoms with E-state index in [2.05, 4.69) is 0 Å². The summed E-state index contributed by atoms with van der Waals surface area (Å²) in [6, 6.07) is 4.32. The lowest BCUT2D eigenvalue weighted by molar-refractivity contribution is -0.139. The van der Waals surface area contributed by atoms with Crippen LogP contribution in [0.25, 0.3) is 0 Å². The van der Waals surface area contributed by atoms with E-state index < -0.39 is 25.7 Å². The SMILES string of the molecule is NC1CC1.O=S(=O)(Cl)c1ccccc1C(F)(F)F. The summed E-state index contributed by atoms with van der Waals surface area (Å²) in [4.78, 5) is -0.922. The average Bonchev–Trinajstić information content (AvgIpc) is 2.99. The second-order valence-electron chi connectivity index (χ2n) is 3.77. The second-order valence-corrected chi connectivity index (χ2v) is 6.30. The largest absolute Gasteiger partial charge is 0.417 e. The summed E-state index contributed by atoms with van der Waals surface area (Å²) in [5.41, 5.74) is 3.97. The second kappa shape index (κ2) is 5.46. The molecular weight excluding hydrogens is 291 g/mol. The Morgan fingerprint density at radius 1 is 1.22 bits per heavy atom. The fourth-order valence-corrected chi connectivity index (χ4v) is 2.10. The maximum Gasteiger partial charge on any atom is 0.417 e. The zero-order valence-electron chi connectivity index (χ0n) is 9.11. The molecule has 0 saturated heterocycles. The molecule has 2 N–H and O–H groups in total. The summed E-state index contributed by atoms with van der Waals surface area (Å²) in [5, 5.41) is 0. The van der Waals surface area contributed by atoms with Gasteiger partial charge in [-0.15, -0.1) is 0 Å². The molecule has 0 amide bonds. The lowest BCUT2D eigenvalue weighted by Gasteiger charge is -2.09. The number of benzene rings is 1. The van der Waals surface area contributed by atoms with Gasteiger partial charge in [-0.1, -0.05) is 12.1 Å². The topological polar surface area (TPSA) is 60.2 Å². The zero-order chi connectivity index (χ0) is 14.0. The summed E-state index contributed by atoms with van der Waals surface area (Å²) < 4.78 is 58.3. The van der Waals surface area contributed by atoms with E-state index in [4.69, 9.17) is 16.4 Å². The Kier molecular flexibility index (Phi) is 4.63. The van der Waals surface area contributed by atoms with Crippen LogP contribution in [-0.4, -0.2) is 14.5 Å². The van der Waals surface area contributed by atoms with Gasteiger partial charge < -0.3 is 5.73 Å². The molecule has 3 nitrogen and oxygen atoms in total. The lowest BCUT2D eigenvalue weighted by Crippen LogP contribution is -2.10. The van der Waals surface area contributed by atoms with E-state index in [9.17, 15) is 21.6 Å². The maximum atomic E-state index is 12.3. The molecule has 0 aromatic heterocycles. The Morgan fingerprint density at radius 3 is 1.94 bits per heavy atom. The fourth-order valence-electron chi connectivity index (χ4n) is 1.01. The van der Waals surface area contributed by atoms with Crippen LogP contribution in [0.5, 0.6) is 0 Å². The van der Waals surface area contributed by atoms with Gasteiger partial charge >= 0.3 is 6.18 Å². The highest BCUT2D eigenvalue weighted by molar-refractivity contribution is 8.13. The normalized spacial score (nSPS) is 15.8. The van der Waals surface area contributed by atoms with Crippen LogP contribution < -0.4 is 5.73 Å². The van der Waals surface area contributed by atoms with Gasteiger partial charge in [-0.25, -0.2) is 8.42 Å². The summed E-state index contributed by atoms with van der Waals surface area (Å²) in [7, 11) is 0.478. The summed E-state index contributed by atoms with van der Waals surface area (Å²) in [6.07, 6.45) is -2.20. The molecule has 0 spiro atoms. The van der Waals surface area contributed by atoms with Crippen molar-refractivity contribution < 1.29 is 21.6 Å². The fraction of sp³-hybridized carbons (Fsp3) is 0.400. The zero-order valence-corrected chi connectivity index (χ0v) is 10.7. The van der Waals surface area contributed by atoms with Crippen molar-refractivity contribution in [2.45, 2.75) is 30.0 Å². The highest BCUT2D eigenvalue weighted by Crippen LogP contribution is 2.34. The third-order valence-electron chi connectivity index (χ3n) is 2.08. The third-order valence-corrected chi connectivity index (χ3v) is 3.46. The van der Waals surface area contributed by atoms with Crippen molar-refractivity contribution >= 4 is 19.7 Å². The van der Waals surface area contributed by atoms with Gasteiger partial charge in [0.15, 0.2) is 0 Å². The van der Waals surface area contributed by atoms with E-state index in [1.165, 1.54) is 18.9 Å². The van der Waals surface area contributed by atoms with Gasteiger partial charge in [-0.2, -0.15) is 13.2 Å². The van der Waals surface area contributed by atoms with Crippen LogP contribution in [0.2, 0.25) is 0 Å². The highest BCUT2D eigenvalue weighted by atomic mass is 35.7. The van der Waals surface area contributed by atoms with Crippen LogP contribution in [0, 0.1) is 0 Å². The Bertz CT molecular complexity index is 512. The van der Waals surface area contributed by atoms with Crippen molar-refractivity contribution in [3.63, 3.8) is 0 Å². The molecular formula is C10H11ClF3NO2S. The number of nitrogens with two attached hydrogens (primary N) is 1. The molecule has 102 valence electrons. The van der Waals surface area contributed by atoms with Gasteiger partial charge in [0, 0.05) is 16.7 Å². The van der Waals surface area contributed by atoms with E-state index in [0.29, 0.717) is 12.1 Å². The minimum Gasteiger partial charge on any atom is -0.328 e. The molecule has 0 bridgehead atoms. The van der Waals surface area contributed by atoms with Gasteiger partial charge in [0.25, 0.3) is 9.05 Å². The van der Waals surface area contributed by atoms with Crippen molar-refractivity contribution in [1.82, 2.24) is 0 Å². The first-order valence-electron chi connectivity index (χ1n) is 4.99. The molecule has 1 aromatic carbocycles. The Hall–Kier alpha value is -0.790. The summed E-state index contributed by atoms with van der Waals surface area (Å²) in [5.74, 6) is 0. The van der Waals surface area contributed by atoms with Gasteiger partial charge in [0.05, 0.1) is 10.5 Å². The quantitative estimate of drug-likeness (QED) is 0.811. The molecule has 0 atom stereocenters. The van der Waals surface area contributed by atoms with Gasteiger partial charge in [0.1, 0.15) is 0 Å². The molecule has 18 heavy (non-hydrogen) atoms. The van der Waals surface area contributed by atoms with Gasteiger partial charge in [0.2, 0.25) is 0 Å². The first-order chi connectivity index (χ1) is 8.12. The highest BCUT2D eigenvalue weighted by Gasteiger charge is 2.36. The van der Waals surface area contributed by atoms with Crippen LogP contribution in [0.15, 0.2) is 29.2 Å². The monoisotopic (exact) mass is 301 g/mol. The van der Waals surface area contributed by atoms with Gasteiger partial charge in [-0.05, 0) is 25.0 Å². The van der Waals surface area contributed by atoms with E-state index in [-0.39, 0.29) is 0 Å². The lowest BCUT2D eigenvalue weighted by atomic mass is 10.2. The molecule has 8 heteroatoms. The van der Waals surface area contributed by atoms with Gasteiger partial charge in [-0.3, -0.25) is 0 Å². The van der Waals surface area contributed by atoms with Crippen molar-refractivity contribution in [3.8, 4) is 0 Å². The van der Waals surface area contributed by atoms with Crippen LogP contribution in [0.3, 0.4) is 0 Å². The molecule has 2 rings (SSSR count). The first kappa shape index (κ1) is 15.3. The van der Waals surface area contributed by atoms with Crippen molar-refractivity contribution in [1.29, 1.82) is 0 Å². The third kappa shape index (κ3) is 4.83. The maximum absolute atomic E-state index is 12.3. The van der Waals surface area contributed by atoms with E-state index in [1.54, 1.807) is 0 Å². The Balaban J connectivity index is 0.000000341. The number of halogens is 4. The van der Waals surface area contributed by atoms with Crippen LogP contribution >= 0.6 is 10.7 Å². The predicted octanol–water partition coefficient (Wildman–Crippen LogP) is 2.74. The van der Waals surface area contributed by atoms with E-state index in [0.717, 1.165) is 12.1 Å². The predicted molar refractivity (Wildman–Crippen MR) is 61.7 cm³/mol. The van der Waals surface area contributed by atoms with E-state index in [1.807, 2.05) is 0 Å². The smallest absolute Gasteiger partial charge is 0.328 e. The minimum atomic E-state index is -4.72. The first-order valence-corrected chi connectivity index (χ1v) is 7.30. The Labute approximate surface area is 107 Å². The standard InChI is InChI=1S/C7H4ClF3O2S.C3H7N/c8-14(12,13)6-4-2-1-3-5(6)7(9,10)11;4-3-1-2-3/h1-4H;3H,1-2,4H2. The van der Waals surface area contributed by atoms with Crippen molar-refractivity contribution in [2.75, 3.05) is 0 Å². The molecule has 1 fully saturated rings. The number of alkyl halides is 3. The molecule has 1 saturated carbocycles. The molecule has 0 aliphatic heterocycles. The van der Waals surface area contributed by atoms with Crippen molar-refractivity contribution in [3.05, 3.63) is 29.8 Å². The molecule has 0 unspecified atom stereocenters. The summed E-state index contributed by atoms with van der Waals surface area (Å²) >= 11 is 0. The number of hydrogen-bond acceptors (Lipinski definition) is 3. The number of hydrogen-bond donors (Lipinski definition) is 1.